The van der Waals surface area contributed by atoms with E-state index in [-0.39, 0.29) is 11.8 Å². The quantitative estimate of drug-likeness (QED) is 0.408. The SMILES string of the molecule is O=[N+]([O-])c1ccccc1Sc1c([N+](=O)[O-])c([N+](=O)[O-])c([N+](=O)[O-])c([N+](=O)[O-])c1[N+](=O)[O-]. The zero-order valence-corrected chi connectivity index (χ0v) is 15.1. The Hall–Kier alpha value is -4.81. The van der Waals surface area contributed by atoms with Crippen LogP contribution in [0.3, 0.4) is 0 Å². The van der Waals surface area contributed by atoms with E-state index >= 15 is 0 Å². The standard InChI is InChI=1S/C12H4N6O12S/c19-13(20)5-3-1-2-4-6(5)31-12-10(17(27)28)8(15(23)24)7(14(21)22)9(16(25)26)11(12)18(29)30/h1-4H. The summed E-state index contributed by atoms with van der Waals surface area (Å²) in [5.74, 6) is 0. The van der Waals surface area contributed by atoms with E-state index in [2.05, 4.69) is 0 Å². The summed E-state index contributed by atoms with van der Waals surface area (Å²) < 4.78 is 0. The summed E-state index contributed by atoms with van der Waals surface area (Å²) in [6, 6.07) is 4.22. The molecule has 2 aromatic carbocycles. The van der Waals surface area contributed by atoms with Gasteiger partial charge in [-0.15, -0.1) is 0 Å². The second-order valence-corrected chi connectivity index (χ2v) is 6.24. The molecule has 0 aliphatic heterocycles. The van der Waals surface area contributed by atoms with Crippen LogP contribution in [0.1, 0.15) is 0 Å². The number of hydrogen-bond acceptors (Lipinski definition) is 13. The molecule has 0 aliphatic rings. The van der Waals surface area contributed by atoms with Gasteiger partial charge in [-0.3, -0.25) is 60.7 Å². The van der Waals surface area contributed by atoms with E-state index in [1.54, 1.807) is 0 Å². The van der Waals surface area contributed by atoms with Gasteiger partial charge in [0.15, 0.2) is 4.90 Å². The highest BCUT2D eigenvalue weighted by Gasteiger charge is 2.54. The minimum absolute atomic E-state index is 0.120. The lowest BCUT2D eigenvalue weighted by molar-refractivity contribution is -0.462. The van der Waals surface area contributed by atoms with Gasteiger partial charge in [-0.05, 0) is 6.07 Å². The second-order valence-electron chi connectivity index (χ2n) is 5.18. The maximum atomic E-state index is 11.5. The number of nitro groups is 6. The molecule has 0 saturated carbocycles. The number of para-hydroxylation sites is 1. The van der Waals surface area contributed by atoms with Gasteiger partial charge in [-0.25, -0.2) is 0 Å². The first-order valence-electron chi connectivity index (χ1n) is 7.27. The summed E-state index contributed by atoms with van der Waals surface area (Å²) in [7, 11) is 0. The van der Waals surface area contributed by atoms with Crippen LogP contribution in [0.4, 0.5) is 34.1 Å². The first kappa shape index (κ1) is 22.5. The van der Waals surface area contributed by atoms with Gasteiger partial charge in [0.2, 0.25) is 0 Å². The van der Waals surface area contributed by atoms with Gasteiger partial charge in [0.25, 0.3) is 5.69 Å². The van der Waals surface area contributed by atoms with E-state index < -0.39 is 73.5 Å². The number of nitro benzene ring substituents is 6. The Balaban J connectivity index is 3.16. The molecule has 2 rings (SSSR count). The van der Waals surface area contributed by atoms with Crippen LogP contribution >= 0.6 is 11.8 Å². The third-order valence-corrected chi connectivity index (χ3v) is 4.67. The van der Waals surface area contributed by atoms with Crippen molar-refractivity contribution in [2.75, 3.05) is 0 Å². The van der Waals surface area contributed by atoms with E-state index in [0.29, 0.717) is 0 Å². The van der Waals surface area contributed by atoms with Gasteiger partial charge in [-0.1, -0.05) is 23.9 Å². The molecule has 0 saturated heterocycles. The van der Waals surface area contributed by atoms with Gasteiger partial charge >= 0.3 is 28.4 Å². The van der Waals surface area contributed by atoms with E-state index in [1.807, 2.05) is 0 Å². The molecule has 0 spiro atoms. The minimum atomic E-state index is -2.07. The molecule has 2 aromatic rings. The number of benzene rings is 2. The molecule has 18 nitrogen and oxygen atoms in total. The lowest BCUT2D eigenvalue weighted by atomic mass is 10.1. The fourth-order valence-corrected chi connectivity index (χ4v) is 3.57. The fourth-order valence-electron chi connectivity index (χ4n) is 2.42. The molecule has 160 valence electrons. The number of hydrogen-bond donors (Lipinski definition) is 0. The van der Waals surface area contributed by atoms with Gasteiger partial charge in [0.05, 0.1) is 34.4 Å². The predicted octanol–water partition coefficient (Wildman–Crippen LogP) is 3.29. The molecule has 0 aromatic heterocycles. The zero-order valence-electron chi connectivity index (χ0n) is 14.3. The molecule has 0 N–H and O–H groups in total. The Labute approximate surface area is 171 Å². The summed E-state index contributed by atoms with van der Waals surface area (Å²) >= 11 is -0.120. The van der Waals surface area contributed by atoms with Gasteiger partial charge in [0.1, 0.15) is 0 Å². The summed E-state index contributed by atoms with van der Waals surface area (Å²) in [6.45, 7) is 0. The largest absolute Gasteiger partial charge is 0.437 e. The van der Waals surface area contributed by atoms with Crippen LogP contribution in [0.15, 0.2) is 34.1 Å². The average Bonchev–Trinajstić information content (AvgIpc) is 2.65. The van der Waals surface area contributed by atoms with Crippen molar-refractivity contribution in [1.82, 2.24) is 0 Å². The molecule has 0 aliphatic carbocycles. The first-order valence-corrected chi connectivity index (χ1v) is 8.08. The molecular weight excluding hydrogens is 452 g/mol. The average molecular weight is 456 g/mol. The molecule has 19 heteroatoms. The lowest BCUT2D eigenvalue weighted by Gasteiger charge is -2.06. The highest BCUT2D eigenvalue weighted by molar-refractivity contribution is 7.99. The van der Waals surface area contributed by atoms with Crippen LogP contribution in [0.25, 0.3) is 0 Å². The van der Waals surface area contributed by atoms with Crippen LogP contribution in [-0.2, 0) is 0 Å². The highest BCUT2D eigenvalue weighted by atomic mass is 32.2. The normalized spacial score (nSPS) is 10.3. The van der Waals surface area contributed by atoms with Crippen molar-refractivity contribution in [3.8, 4) is 0 Å². The van der Waals surface area contributed by atoms with Crippen molar-refractivity contribution >= 4 is 45.9 Å². The van der Waals surface area contributed by atoms with Crippen molar-refractivity contribution in [2.45, 2.75) is 9.79 Å². The predicted molar refractivity (Wildman–Crippen MR) is 96.9 cm³/mol. The third kappa shape index (κ3) is 4.00. The molecule has 0 bridgehead atoms. The lowest BCUT2D eigenvalue weighted by Crippen LogP contribution is -2.09. The molecule has 0 radical (unpaired) electrons. The maximum absolute atomic E-state index is 11.5. The molecule has 0 atom stereocenters. The Morgan fingerprint density at radius 3 is 1.23 bits per heavy atom. The van der Waals surface area contributed by atoms with Gasteiger partial charge < -0.3 is 0 Å². The maximum Gasteiger partial charge on any atom is 0.437 e. The summed E-state index contributed by atoms with van der Waals surface area (Å²) in [5, 5.41) is 68.2. The van der Waals surface area contributed by atoms with E-state index in [9.17, 15) is 60.7 Å². The van der Waals surface area contributed by atoms with Crippen molar-refractivity contribution in [2.24, 2.45) is 0 Å². The highest BCUT2D eigenvalue weighted by Crippen LogP contribution is 2.56. The topological polar surface area (TPSA) is 259 Å². The fraction of sp³-hybridized carbons (Fsp3) is 0. The molecular formula is C12H4N6O12S. The Kier molecular flexibility index (Phi) is 6.00. The van der Waals surface area contributed by atoms with Gasteiger partial charge in [-0.2, -0.15) is 0 Å². The summed E-state index contributed by atoms with van der Waals surface area (Å²) in [5.41, 5.74) is -10.4. The Morgan fingerprint density at radius 1 is 0.516 bits per heavy atom. The first-order chi connectivity index (χ1) is 14.4. The van der Waals surface area contributed by atoms with Crippen molar-refractivity contribution in [3.63, 3.8) is 0 Å². The molecule has 0 unspecified atom stereocenters. The summed E-state index contributed by atoms with van der Waals surface area (Å²) in [6.07, 6.45) is 0. The number of rotatable bonds is 8. The van der Waals surface area contributed by atoms with Crippen molar-refractivity contribution in [3.05, 3.63) is 85.0 Å². The van der Waals surface area contributed by atoms with Crippen molar-refractivity contribution < 1.29 is 29.5 Å². The zero-order chi connectivity index (χ0) is 23.6. The Bertz CT molecular complexity index is 1140. The summed E-state index contributed by atoms with van der Waals surface area (Å²) in [4.78, 5) is 57.2. The van der Waals surface area contributed by atoms with E-state index in [1.165, 1.54) is 12.1 Å². The number of nitrogens with zero attached hydrogens (tertiary/aromatic N) is 6. The van der Waals surface area contributed by atoms with Crippen LogP contribution in [0.5, 0.6) is 0 Å². The van der Waals surface area contributed by atoms with Crippen LogP contribution in [0, 0.1) is 60.7 Å². The van der Waals surface area contributed by atoms with Crippen LogP contribution in [-0.4, -0.2) is 29.5 Å². The monoisotopic (exact) mass is 456 g/mol. The van der Waals surface area contributed by atoms with Gasteiger partial charge in [0, 0.05) is 6.07 Å². The van der Waals surface area contributed by atoms with Crippen LogP contribution in [0.2, 0.25) is 0 Å². The van der Waals surface area contributed by atoms with E-state index in [4.69, 9.17) is 0 Å². The van der Waals surface area contributed by atoms with Crippen LogP contribution < -0.4 is 0 Å². The third-order valence-electron chi connectivity index (χ3n) is 3.51. The molecule has 0 heterocycles. The Morgan fingerprint density at radius 2 is 0.871 bits per heavy atom. The molecule has 0 fully saturated rings. The van der Waals surface area contributed by atoms with E-state index in [0.717, 1.165) is 12.1 Å². The second kappa shape index (κ2) is 8.28. The minimum Gasteiger partial charge on any atom is -0.258 e. The van der Waals surface area contributed by atoms with Crippen molar-refractivity contribution in [1.29, 1.82) is 0 Å². The smallest absolute Gasteiger partial charge is 0.258 e. The molecule has 0 amide bonds. The molecule has 31 heavy (non-hydrogen) atoms.